The van der Waals surface area contributed by atoms with Crippen LogP contribution in [-0.4, -0.2) is 47.9 Å². The number of hydrogen-bond acceptors (Lipinski definition) is 2. The summed E-state index contributed by atoms with van der Waals surface area (Å²) >= 11 is 0. The van der Waals surface area contributed by atoms with Crippen molar-refractivity contribution in [2.45, 2.75) is 59.4 Å². The highest BCUT2D eigenvalue weighted by atomic mass is 16.2. The minimum atomic E-state index is 0.337. The van der Waals surface area contributed by atoms with Crippen LogP contribution >= 0.6 is 0 Å². The molecule has 0 aromatic carbocycles. The van der Waals surface area contributed by atoms with Gasteiger partial charge in [0.05, 0.1) is 6.54 Å². The molecule has 0 saturated heterocycles. The van der Waals surface area contributed by atoms with E-state index in [1.807, 2.05) is 0 Å². The Bertz CT molecular complexity index is 249. The number of carbonyl (C=O) groups excluding carboxylic acids is 1. The molecule has 0 aromatic heterocycles. The van der Waals surface area contributed by atoms with Crippen LogP contribution in [0.4, 0.5) is 0 Å². The van der Waals surface area contributed by atoms with Crippen LogP contribution in [0.25, 0.3) is 0 Å². The molecule has 1 rings (SSSR count). The van der Waals surface area contributed by atoms with Crippen LogP contribution < -0.4 is 0 Å². The van der Waals surface area contributed by atoms with Crippen molar-refractivity contribution < 1.29 is 4.79 Å². The van der Waals surface area contributed by atoms with Crippen LogP contribution in [0.1, 0.15) is 53.4 Å². The smallest absolute Gasteiger partial charge is 0.237 e. The Morgan fingerprint density at radius 3 is 2.39 bits per heavy atom. The average Bonchev–Trinajstić information content (AvgIpc) is 3.15. The Hall–Kier alpha value is -0.570. The fourth-order valence-corrected chi connectivity index (χ4v) is 2.25. The van der Waals surface area contributed by atoms with Crippen molar-refractivity contribution in [2.75, 3.05) is 26.2 Å². The molecule has 1 aliphatic rings. The lowest BCUT2D eigenvalue weighted by Crippen LogP contribution is -2.43. The molecule has 0 spiro atoms. The second-order valence-corrected chi connectivity index (χ2v) is 5.89. The van der Waals surface area contributed by atoms with Crippen molar-refractivity contribution in [2.24, 2.45) is 5.92 Å². The lowest BCUT2D eigenvalue weighted by atomic mass is 10.2. The first-order chi connectivity index (χ1) is 8.58. The van der Waals surface area contributed by atoms with Crippen LogP contribution in [-0.2, 0) is 4.79 Å². The summed E-state index contributed by atoms with van der Waals surface area (Å²) in [4.78, 5) is 16.8. The number of nitrogens with zero attached hydrogens (tertiary/aromatic N) is 2. The molecule has 0 aromatic rings. The van der Waals surface area contributed by atoms with Gasteiger partial charge >= 0.3 is 0 Å². The zero-order chi connectivity index (χ0) is 13.5. The van der Waals surface area contributed by atoms with Gasteiger partial charge in [0.25, 0.3) is 0 Å². The van der Waals surface area contributed by atoms with Crippen molar-refractivity contribution in [1.82, 2.24) is 9.80 Å². The molecule has 0 atom stereocenters. The van der Waals surface area contributed by atoms with Gasteiger partial charge in [-0.3, -0.25) is 9.69 Å². The van der Waals surface area contributed by atoms with E-state index in [1.165, 1.54) is 25.7 Å². The van der Waals surface area contributed by atoms with E-state index in [0.717, 1.165) is 19.6 Å². The largest absolute Gasteiger partial charge is 0.338 e. The lowest BCUT2D eigenvalue weighted by Gasteiger charge is -2.28. The van der Waals surface area contributed by atoms with E-state index in [2.05, 4.69) is 37.5 Å². The molecule has 1 fully saturated rings. The third-order valence-corrected chi connectivity index (χ3v) is 3.50. The SMILES string of the molecule is CCCCN(CC)CC(=O)N(CC(C)C)C1CC1. The van der Waals surface area contributed by atoms with Crippen LogP contribution in [0.3, 0.4) is 0 Å². The van der Waals surface area contributed by atoms with E-state index >= 15 is 0 Å². The van der Waals surface area contributed by atoms with Gasteiger partial charge < -0.3 is 4.90 Å². The maximum atomic E-state index is 12.4. The number of likely N-dealkylation sites (N-methyl/N-ethyl adjacent to an activating group) is 1. The topological polar surface area (TPSA) is 23.6 Å². The minimum Gasteiger partial charge on any atom is -0.338 e. The molecule has 1 saturated carbocycles. The summed E-state index contributed by atoms with van der Waals surface area (Å²) < 4.78 is 0. The highest BCUT2D eigenvalue weighted by molar-refractivity contribution is 5.79. The maximum absolute atomic E-state index is 12.4. The number of rotatable bonds is 9. The Kier molecular flexibility index (Phi) is 6.69. The van der Waals surface area contributed by atoms with Crippen LogP contribution in [0, 0.1) is 5.92 Å². The Balaban J connectivity index is 2.43. The first-order valence-electron chi connectivity index (χ1n) is 7.60. The van der Waals surface area contributed by atoms with Crippen molar-refractivity contribution in [1.29, 1.82) is 0 Å². The summed E-state index contributed by atoms with van der Waals surface area (Å²) in [6, 6.07) is 0.546. The Morgan fingerprint density at radius 1 is 1.28 bits per heavy atom. The molecule has 1 amide bonds. The quantitative estimate of drug-likeness (QED) is 0.631. The summed E-state index contributed by atoms with van der Waals surface area (Å²) in [5.41, 5.74) is 0. The predicted octanol–water partition coefficient (Wildman–Crippen LogP) is 2.76. The summed E-state index contributed by atoms with van der Waals surface area (Å²) in [6.45, 7) is 12.3. The molecule has 3 heteroatoms. The molecular weight excluding hydrogens is 224 g/mol. The fraction of sp³-hybridized carbons (Fsp3) is 0.933. The first-order valence-corrected chi connectivity index (χ1v) is 7.60. The fourth-order valence-electron chi connectivity index (χ4n) is 2.25. The zero-order valence-corrected chi connectivity index (χ0v) is 12.6. The molecule has 0 unspecified atom stereocenters. The zero-order valence-electron chi connectivity index (χ0n) is 12.6. The molecule has 0 N–H and O–H groups in total. The van der Waals surface area contributed by atoms with Crippen molar-refractivity contribution in [3.05, 3.63) is 0 Å². The third kappa shape index (κ3) is 5.38. The van der Waals surface area contributed by atoms with E-state index in [1.54, 1.807) is 0 Å². The highest BCUT2D eigenvalue weighted by Gasteiger charge is 2.32. The molecule has 0 heterocycles. The molecule has 0 radical (unpaired) electrons. The lowest BCUT2D eigenvalue weighted by molar-refractivity contribution is -0.133. The number of amides is 1. The number of carbonyl (C=O) groups is 1. The van der Waals surface area contributed by atoms with Gasteiger partial charge in [0.15, 0.2) is 0 Å². The van der Waals surface area contributed by atoms with Gasteiger partial charge in [-0.2, -0.15) is 0 Å². The van der Waals surface area contributed by atoms with Crippen LogP contribution in [0.2, 0.25) is 0 Å². The van der Waals surface area contributed by atoms with Gasteiger partial charge in [0, 0.05) is 12.6 Å². The van der Waals surface area contributed by atoms with Crippen molar-refractivity contribution in [3.8, 4) is 0 Å². The Morgan fingerprint density at radius 2 is 1.94 bits per heavy atom. The molecule has 1 aliphatic carbocycles. The van der Waals surface area contributed by atoms with Gasteiger partial charge in [-0.15, -0.1) is 0 Å². The van der Waals surface area contributed by atoms with E-state index in [0.29, 0.717) is 24.4 Å². The van der Waals surface area contributed by atoms with E-state index < -0.39 is 0 Å². The summed E-state index contributed by atoms with van der Waals surface area (Å²) in [7, 11) is 0. The monoisotopic (exact) mass is 254 g/mol. The molecule has 106 valence electrons. The predicted molar refractivity (Wildman–Crippen MR) is 76.6 cm³/mol. The average molecular weight is 254 g/mol. The minimum absolute atomic E-state index is 0.337. The molecule has 18 heavy (non-hydrogen) atoms. The van der Waals surface area contributed by atoms with Crippen LogP contribution in [0.15, 0.2) is 0 Å². The normalized spacial score (nSPS) is 15.4. The Labute approximate surface area is 113 Å². The molecule has 0 aliphatic heterocycles. The molecule has 0 bridgehead atoms. The molecular formula is C15H30N2O. The van der Waals surface area contributed by atoms with Gasteiger partial charge in [0.1, 0.15) is 0 Å². The van der Waals surface area contributed by atoms with Crippen molar-refractivity contribution in [3.63, 3.8) is 0 Å². The van der Waals surface area contributed by atoms with Crippen LogP contribution in [0.5, 0.6) is 0 Å². The second kappa shape index (κ2) is 7.78. The van der Waals surface area contributed by atoms with Gasteiger partial charge in [0.2, 0.25) is 5.91 Å². The second-order valence-electron chi connectivity index (χ2n) is 5.89. The van der Waals surface area contributed by atoms with Crippen molar-refractivity contribution >= 4 is 5.91 Å². The molecule has 3 nitrogen and oxygen atoms in total. The maximum Gasteiger partial charge on any atom is 0.237 e. The van der Waals surface area contributed by atoms with E-state index in [9.17, 15) is 4.79 Å². The summed E-state index contributed by atoms with van der Waals surface area (Å²) in [6.07, 6.45) is 4.80. The third-order valence-electron chi connectivity index (χ3n) is 3.50. The van der Waals surface area contributed by atoms with E-state index in [4.69, 9.17) is 0 Å². The summed E-state index contributed by atoms with van der Waals surface area (Å²) in [5, 5.41) is 0. The number of hydrogen-bond donors (Lipinski definition) is 0. The van der Waals surface area contributed by atoms with Gasteiger partial charge in [-0.25, -0.2) is 0 Å². The highest BCUT2D eigenvalue weighted by Crippen LogP contribution is 2.27. The number of unbranched alkanes of at least 4 members (excludes halogenated alkanes) is 1. The standard InChI is InChI=1S/C15H30N2O/c1-5-7-10-16(6-2)12-15(18)17(11-13(3)4)14-8-9-14/h13-14H,5-12H2,1-4H3. The summed E-state index contributed by atoms with van der Waals surface area (Å²) in [5.74, 6) is 0.907. The van der Waals surface area contributed by atoms with Gasteiger partial charge in [-0.05, 0) is 38.3 Å². The van der Waals surface area contributed by atoms with E-state index in [-0.39, 0.29) is 0 Å². The first kappa shape index (κ1) is 15.5. The van der Waals surface area contributed by atoms with Gasteiger partial charge in [-0.1, -0.05) is 34.1 Å².